The minimum absolute atomic E-state index is 0.103. The molecule has 0 unspecified atom stereocenters. The summed E-state index contributed by atoms with van der Waals surface area (Å²) in [5.41, 5.74) is 3.02. The number of carbonyl (C=O) groups is 1. The lowest BCUT2D eigenvalue weighted by Gasteiger charge is -2.10. The van der Waals surface area contributed by atoms with Crippen molar-refractivity contribution in [2.24, 2.45) is 0 Å². The molecule has 0 bridgehead atoms. The Labute approximate surface area is 157 Å². The van der Waals surface area contributed by atoms with E-state index in [2.05, 4.69) is 14.3 Å². The maximum absolute atomic E-state index is 12.5. The maximum atomic E-state index is 12.5. The molecule has 1 aromatic heterocycles. The van der Waals surface area contributed by atoms with Gasteiger partial charge >= 0.3 is 0 Å². The summed E-state index contributed by atoms with van der Waals surface area (Å²) in [5.74, 6) is 0.998. The Balaban J connectivity index is 1.54. The lowest BCUT2D eigenvalue weighted by molar-refractivity contribution is 0.101. The predicted molar refractivity (Wildman–Crippen MR) is 103 cm³/mol. The van der Waals surface area contributed by atoms with Gasteiger partial charge < -0.3 is 4.57 Å². The van der Waals surface area contributed by atoms with Gasteiger partial charge in [0.15, 0.2) is 5.78 Å². The Bertz CT molecular complexity index is 1100. The van der Waals surface area contributed by atoms with Crippen molar-refractivity contribution in [1.82, 2.24) is 9.55 Å². The Morgan fingerprint density at radius 2 is 1.78 bits per heavy atom. The molecule has 0 spiro atoms. The molecule has 138 valence electrons. The Morgan fingerprint density at radius 3 is 2.44 bits per heavy atom. The first kappa shape index (κ1) is 17.5. The number of carbonyl (C=O) groups excluding carboxylic acids is 1. The van der Waals surface area contributed by atoms with Crippen molar-refractivity contribution < 1.29 is 13.2 Å². The quantitative estimate of drug-likeness (QED) is 0.686. The van der Waals surface area contributed by atoms with E-state index in [0.29, 0.717) is 11.3 Å². The van der Waals surface area contributed by atoms with Crippen LogP contribution in [0, 0.1) is 0 Å². The van der Waals surface area contributed by atoms with E-state index in [1.54, 1.807) is 12.1 Å². The van der Waals surface area contributed by atoms with Gasteiger partial charge in [0.05, 0.1) is 16.8 Å². The fourth-order valence-electron chi connectivity index (χ4n) is 3.28. The molecule has 0 aliphatic carbocycles. The fraction of sp³-hybridized carbons (Fsp3) is 0.200. The van der Waals surface area contributed by atoms with Crippen molar-refractivity contribution >= 4 is 21.5 Å². The standard InChI is InChI=1S/C20H19N3O3S/c1-14(24)15-6-10-18(11-7-15)27(25,26)22-17-8-4-16(5-9-17)19-13-21-20-3-2-12-23(19)20/h4-11,13,22H,2-3,12H2,1H3. The summed E-state index contributed by atoms with van der Waals surface area (Å²) >= 11 is 0. The highest BCUT2D eigenvalue weighted by molar-refractivity contribution is 7.92. The van der Waals surface area contributed by atoms with E-state index >= 15 is 0 Å². The molecule has 0 fully saturated rings. The third-order valence-electron chi connectivity index (χ3n) is 4.72. The van der Waals surface area contributed by atoms with Crippen molar-refractivity contribution in [3.63, 3.8) is 0 Å². The molecule has 1 aliphatic rings. The largest absolute Gasteiger partial charge is 0.328 e. The Kier molecular flexibility index (Phi) is 4.31. The zero-order valence-corrected chi connectivity index (χ0v) is 15.7. The maximum Gasteiger partial charge on any atom is 0.261 e. The summed E-state index contributed by atoms with van der Waals surface area (Å²) in [4.78, 5) is 15.9. The first-order valence-electron chi connectivity index (χ1n) is 8.73. The molecule has 27 heavy (non-hydrogen) atoms. The normalized spacial score (nSPS) is 13.4. The van der Waals surface area contributed by atoms with E-state index in [4.69, 9.17) is 0 Å². The predicted octanol–water partition coefficient (Wildman–Crippen LogP) is 3.50. The average molecular weight is 381 g/mol. The van der Waals surface area contributed by atoms with Gasteiger partial charge in [0.25, 0.3) is 10.0 Å². The van der Waals surface area contributed by atoms with E-state index < -0.39 is 10.0 Å². The van der Waals surface area contributed by atoms with Crippen LogP contribution in [-0.2, 0) is 23.0 Å². The topological polar surface area (TPSA) is 81.1 Å². The number of nitrogens with one attached hydrogen (secondary N) is 1. The Morgan fingerprint density at radius 1 is 1.07 bits per heavy atom. The van der Waals surface area contributed by atoms with Gasteiger partial charge in [-0.15, -0.1) is 0 Å². The molecule has 2 aromatic carbocycles. The zero-order chi connectivity index (χ0) is 19.0. The molecule has 6 nitrogen and oxygen atoms in total. The molecular formula is C20H19N3O3S. The SMILES string of the molecule is CC(=O)c1ccc(S(=O)(=O)Nc2ccc(-c3cnc4n3CCC4)cc2)cc1. The van der Waals surface area contributed by atoms with Crippen LogP contribution in [0.1, 0.15) is 29.5 Å². The van der Waals surface area contributed by atoms with Gasteiger partial charge in [0.1, 0.15) is 5.82 Å². The highest BCUT2D eigenvalue weighted by Gasteiger charge is 2.17. The number of nitrogens with zero attached hydrogens (tertiary/aromatic N) is 2. The van der Waals surface area contributed by atoms with Gasteiger partial charge in [-0.1, -0.05) is 24.3 Å². The highest BCUT2D eigenvalue weighted by atomic mass is 32.2. The summed E-state index contributed by atoms with van der Waals surface area (Å²) in [6.45, 7) is 2.41. The number of hydrogen-bond acceptors (Lipinski definition) is 4. The van der Waals surface area contributed by atoms with Crippen LogP contribution in [0.25, 0.3) is 11.3 Å². The monoisotopic (exact) mass is 381 g/mol. The van der Waals surface area contributed by atoms with Crippen LogP contribution < -0.4 is 4.72 Å². The second-order valence-electron chi connectivity index (χ2n) is 6.58. The number of aryl methyl sites for hydroxylation is 1. The number of aromatic nitrogens is 2. The molecular weight excluding hydrogens is 362 g/mol. The molecule has 0 radical (unpaired) electrons. The van der Waals surface area contributed by atoms with E-state index in [1.807, 2.05) is 18.3 Å². The van der Waals surface area contributed by atoms with Crippen LogP contribution in [0.3, 0.4) is 0 Å². The van der Waals surface area contributed by atoms with Gasteiger partial charge in [-0.05, 0) is 43.2 Å². The molecule has 0 amide bonds. The third-order valence-corrected chi connectivity index (χ3v) is 6.12. The average Bonchev–Trinajstić information content (AvgIpc) is 3.26. The summed E-state index contributed by atoms with van der Waals surface area (Å²) in [5, 5.41) is 0. The number of ketones is 1. The zero-order valence-electron chi connectivity index (χ0n) is 14.8. The first-order chi connectivity index (χ1) is 12.9. The van der Waals surface area contributed by atoms with Crippen molar-refractivity contribution in [3.8, 4) is 11.3 Å². The van der Waals surface area contributed by atoms with Gasteiger partial charge in [-0.25, -0.2) is 13.4 Å². The smallest absolute Gasteiger partial charge is 0.261 e. The van der Waals surface area contributed by atoms with E-state index in [9.17, 15) is 13.2 Å². The van der Waals surface area contributed by atoms with Crippen LogP contribution in [0.15, 0.2) is 59.6 Å². The molecule has 1 aliphatic heterocycles. The highest BCUT2D eigenvalue weighted by Crippen LogP contribution is 2.27. The third kappa shape index (κ3) is 3.38. The van der Waals surface area contributed by atoms with Crippen LogP contribution in [-0.4, -0.2) is 23.8 Å². The summed E-state index contributed by atoms with van der Waals surface area (Å²) in [6.07, 6.45) is 3.97. The second kappa shape index (κ2) is 6.66. The number of benzene rings is 2. The molecule has 0 saturated heterocycles. The number of hydrogen-bond donors (Lipinski definition) is 1. The lowest BCUT2D eigenvalue weighted by atomic mass is 10.1. The van der Waals surface area contributed by atoms with E-state index in [1.165, 1.54) is 31.2 Å². The first-order valence-corrected chi connectivity index (χ1v) is 10.2. The number of fused-ring (bicyclic) bond motifs is 1. The number of sulfonamides is 1. The van der Waals surface area contributed by atoms with Crippen LogP contribution >= 0.6 is 0 Å². The summed E-state index contributed by atoms with van der Waals surface area (Å²) in [6, 6.07) is 13.2. The second-order valence-corrected chi connectivity index (χ2v) is 8.26. The number of rotatable bonds is 5. The van der Waals surface area contributed by atoms with Gasteiger partial charge in [0, 0.05) is 24.2 Å². The minimum atomic E-state index is -3.71. The Hall–Kier alpha value is -2.93. The van der Waals surface area contributed by atoms with Crippen LogP contribution in [0.4, 0.5) is 5.69 Å². The number of anilines is 1. The van der Waals surface area contributed by atoms with E-state index in [-0.39, 0.29) is 10.7 Å². The summed E-state index contributed by atoms with van der Waals surface area (Å²) in [7, 11) is -3.71. The number of Topliss-reactive ketones (excluding diaryl/α,β-unsaturated/α-hetero) is 1. The molecule has 4 rings (SSSR count). The van der Waals surface area contributed by atoms with E-state index in [0.717, 1.165) is 36.5 Å². The van der Waals surface area contributed by atoms with Gasteiger partial charge in [0.2, 0.25) is 0 Å². The van der Waals surface area contributed by atoms with Crippen LogP contribution in [0.5, 0.6) is 0 Å². The fourth-order valence-corrected chi connectivity index (χ4v) is 4.34. The molecule has 2 heterocycles. The molecule has 7 heteroatoms. The van der Waals surface area contributed by atoms with Crippen molar-refractivity contribution in [3.05, 3.63) is 66.1 Å². The molecule has 0 atom stereocenters. The molecule has 1 N–H and O–H groups in total. The van der Waals surface area contributed by atoms with Crippen molar-refractivity contribution in [1.29, 1.82) is 0 Å². The molecule has 3 aromatic rings. The molecule has 0 saturated carbocycles. The number of imidazole rings is 1. The van der Waals surface area contributed by atoms with Crippen molar-refractivity contribution in [2.45, 2.75) is 31.2 Å². The summed E-state index contributed by atoms with van der Waals surface area (Å²) < 4.78 is 29.9. The minimum Gasteiger partial charge on any atom is -0.328 e. The van der Waals surface area contributed by atoms with Crippen LogP contribution in [0.2, 0.25) is 0 Å². The van der Waals surface area contributed by atoms with Crippen molar-refractivity contribution in [2.75, 3.05) is 4.72 Å². The van der Waals surface area contributed by atoms with Gasteiger partial charge in [-0.3, -0.25) is 9.52 Å². The van der Waals surface area contributed by atoms with Gasteiger partial charge in [-0.2, -0.15) is 0 Å². The lowest BCUT2D eigenvalue weighted by Crippen LogP contribution is -2.13.